The molecule has 2 rings (SSSR count). The minimum atomic E-state index is -0.573. The molecule has 0 bridgehead atoms. The van der Waals surface area contributed by atoms with Crippen LogP contribution in [0, 0.1) is 5.92 Å². The molecule has 0 radical (unpaired) electrons. The number of amides is 1. The molecule has 1 amide bonds. The first-order chi connectivity index (χ1) is 8.40. The standard InChI is InChI=1S/C14H27N3O/c1-10-6-7-17(11(2)8-10)9-14(3,13(15)18)16-12-4-5-12/h10-12,16H,4-9H2,1-3H3,(H2,15,18). The molecular weight excluding hydrogens is 226 g/mol. The van der Waals surface area contributed by atoms with E-state index in [1.54, 1.807) is 0 Å². The van der Waals surface area contributed by atoms with E-state index < -0.39 is 5.54 Å². The lowest BCUT2D eigenvalue weighted by molar-refractivity contribution is -0.125. The average Bonchev–Trinajstić information content (AvgIpc) is 3.06. The Hall–Kier alpha value is -0.610. The topological polar surface area (TPSA) is 58.4 Å². The summed E-state index contributed by atoms with van der Waals surface area (Å²) >= 11 is 0. The maximum Gasteiger partial charge on any atom is 0.238 e. The molecule has 1 heterocycles. The minimum Gasteiger partial charge on any atom is -0.368 e. The highest BCUT2D eigenvalue weighted by Gasteiger charge is 2.39. The van der Waals surface area contributed by atoms with Gasteiger partial charge in [0.05, 0.1) is 0 Å². The first-order valence-electron chi connectivity index (χ1n) is 7.22. The van der Waals surface area contributed by atoms with Crippen LogP contribution in [0.5, 0.6) is 0 Å². The maximum absolute atomic E-state index is 11.8. The van der Waals surface area contributed by atoms with Crippen molar-refractivity contribution < 1.29 is 4.79 Å². The van der Waals surface area contributed by atoms with Gasteiger partial charge in [0.1, 0.15) is 5.54 Å². The summed E-state index contributed by atoms with van der Waals surface area (Å²) in [7, 11) is 0. The third kappa shape index (κ3) is 3.23. The van der Waals surface area contributed by atoms with Crippen molar-refractivity contribution in [3.63, 3.8) is 0 Å². The van der Waals surface area contributed by atoms with E-state index in [0.717, 1.165) is 19.0 Å². The van der Waals surface area contributed by atoms with Crippen molar-refractivity contribution in [3.05, 3.63) is 0 Å². The predicted molar refractivity (Wildman–Crippen MR) is 73.2 cm³/mol. The molecule has 104 valence electrons. The number of hydrogen-bond acceptors (Lipinski definition) is 3. The maximum atomic E-state index is 11.8. The fraction of sp³-hybridized carbons (Fsp3) is 0.929. The van der Waals surface area contributed by atoms with E-state index >= 15 is 0 Å². The summed E-state index contributed by atoms with van der Waals surface area (Å²) in [5.41, 5.74) is 5.04. The molecule has 3 N–H and O–H groups in total. The highest BCUT2D eigenvalue weighted by atomic mass is 16.1. The van der Waals surface area contributed by atoms with Crippen LogP contribution < -0.4 is 11.1 Å². The fourth-order valence-electron chi connectivity index (χ4n) is 2.97. The molecule has 4 nitrogen and oxygen atoms in total. The van der Waals surface area contributed by atoms with Crippen LogP contribution >= 0.6 is 0 Å². The van der Waals surface area contributed by atoms with E-state index in [-0.39, 0.29) is 5.91 Å². The molecule has 0 spiro atoms. The van der Waals surface area contributed by atoms with E-state index in [9.17, 15) is 4.79 Å². The quantitative estimate of drug-likeness (QED) is 0.771. The SMILES string of the molecule is CC1CCN(CC(C)(NC2CC2)C(N)=O)C(C)C1. The average molecular weight is 253 g/mol. The van der Waals surface area contributed by atoms with Crippen molar-refractivity contribution in [2.24, 2.45) is 11.7 Å². The highest BCUT2D eigenvalue weighted by Crippen LogP contribution is 2.26. The Morgan fingerprint density at radius 1 is 1.39 bits per heavy atom. The lowest BCUT2D eigenvalue weighted by Gasteiger charge is -2.41. The van der Waals surface area contributed by atoms with Crippen LogP contribution in [0.15, 0.2) is 0 Å². The Morgan fingerprint density at radius 2 is 2.06 bits per heavy atom. The smallest absolute Gasteiger partial charge is 0.238 e. The summed E-state index contributed by atoms with van der Waals surface area (Å²) in [5.74, 6) is 0.577. The summed E-state index contributed by atoms with van der Waals surface area (Å²) < 4.78 is 0. The number of hydrogen-bond donors (Lipinski definition) is 2. The lowest BCUT2D eigenvalue weighted by atomic mass is 9.91. The fourth-order valence-corrected chi connectivity index (χ4v) is 2.97. The number of nitrogens with zero attached hydrogens (tertiary/aromatic N) is 1. The summed E-state index contributed by atoms with van der Waals surface area (Å²) in [6.07, 6.45) is 4.80. The second kappa shape index (κ2) is 5.17. The number of carbonyl (C=O) groups is 1. The molecular formula is C14H27N3O. The third-order valence-corrected chi connectivity index (χ3v) is 4.44. The van der Waals surface area contributed by atoms with Gasteiger partial charge in [-0.2, -0.15) is 0 Å². The molecule has 2 fully saturated rings. The Labute approximate surface area is 110 Å². The second-order valence-corrected chi connectivity index (χ2v) is 6.56. The summed E-state index contributed by atoms with van der Waals surface area (Å²) in [6, 6.07) is 1.05. The molecule has 0 aromatic rings. The van der Waals surface area contributed by atoms with Gasteiger partial charge in [-0.05, 0) is 52.0 Å². The number of nitrogens with one attached hydrogen (secondary N) is 1. The zero-order valence-corrected chi connectivity index (χ0v) is 11.9. The van der Waals surface area contributed by atoms with Crippen LogP contribution in [0.4, 0.5) is 0 Å². The molecule has 1 saturated carbocycles. The van der Waals surface area contributed by atoms with Crippen LogP contribution in [0.2, 0.25) is 0 Å². The van der Waals surface area contributed by atoms with Crippen LogP contribution in [-0.2, 0) is 4.79 Å². The number of piperidine rings is 1. The number of carbonyl (C=O) groups excluding carboxylic acids is 1. The van der Waals surface area contributed by atoms with Crippen molar-refractivity contribution in [3.8, 4) is 0 Å². The van der Waals surface area contributed by atoms with E-state index in [4.69, 9.17) is 5.73 Å². The lowest BCUT2D eigenvalue weighted by Crippen LogP contribution is -2.62. The summed E-state index contributed by atoms with van der Waals surface area (Å²) in [4.78, 5) is 14.2. The van der Waals surface area contributed by atoms with Crippen molar-refractivity contribution in [2.75, 3.05) is 13.1 Å². The molecule has 4 heteroatoms. The van der Waals surface area contributed by atoms with Gasteiger partial charge in [-0.1, -0.05) is 6.92 Å². The second-order valence-electron chi connectivity index (χ2n) is 6.56. The summed E-state index contributed by atoms with van der Waals surface area (Å²) in [5, 5.41) is 3.43. The van der Waals surface area contributed by atoms with Gasteiger partial charge in [-0.15, -0.1) is 0 Å². The number of likely N-dealkylation sites (tertiary alicyclic amines) is 1. The predicted octanol–water partition coefficient (Wildman–Crippen LogP) is 1.10. The number of nitrogens with two attached hydrogens (primary N) is 1. The van der Waals surface area contributed by atoms with Crippen LogP contribution in [-0.4, -0.2) is 41.5 Å². The van der Waals surface area contributed by atoms with Crippen LogP contribution in [0.3, 0.4) is 0 Å². The molecule has 3 unspecified atom stereocenters. The van der Waals surface area contributed by atoms with Gasteiger partial charge in [0.25, 0.3) is 0 Å². The van der Waals surface area contributed by atoms with Gasteiger partial charge in [-0.25, -0.2) is 0 Å². The number of primary amides is 1. The molecule has 18 heavy (non-hydrogen) atoms. The number of rotatable bonds is 5. The van der Waals surface area contributed by atoms with Crippen molar-refractivity contribution >= 4 is 5.91 Å². The largest absolute Gasteiger partial charge is 0.368 e. The Balaban J connectivity index is 1.97. The molecule has 0 aromatic heterocycles. The molecule has 1 aliphatic carbocycles. The van der Waals surface area contributed by atoms with Gasteiger partial charge in [0.15, 0.2) is 0 Å². The monoisotopic (exact) mass is 253 g/mol. The molecule has 2 aliphatic rings. The van der Waals surface area contributed by atoms with Crippen LogP contribution in [0.25, 0.3) is 0 Å². The van der Waals surface area contributed by atoms with E-state index in [0.29, 0.717) is 12.1 Å². The molecule has 1 aliphatic heterocycles. The normalized spacial score (nSPS) is 33.1. The first-order valence-corrected chi connectivity index (χ1v) is 7.22. The van der Waals surface area contributed by atoms with Gasteiger partial charge < -0.3 is 5.73 Å². The van der Waals surface area contributed by atoms with E-state index in [1.807, 2.05) is 6.92 Å². The van der Waals surface area contributed by atoms with Crippen molar-refractivity contribution in [1.29, 1.82) is 0 Å². The Morgan fingerprint density at radius 3 is 2.56 bits per heavy atom. The zero-order valence-electron chi connectivity index (χ0n) is 11.9. The Bertz CT molecular complexity index is 316. The molecule has 0 aromatic carbocycles. The van der Waals surface area contributed by atoms with Gasteiger partial charge in [0.2, 0.25) is 5.91 Å². The first kappa shape index (κ1) is 13.8. The van der Waals surface area contributed by atoms with Crippen molar-refractivity contribution in [2.45, 2.75) is 64.1 Å². The van der Waals surface area contributed by atoms with Gasteiger partial charge in [-0.3, -0.25) is 15.0 Å². The van der Waals surface area contributed by atoms with E-state index in [2.05, 4.69) is 24.1 Å². The molecule has 1 saturated heterocycles. The third-order valence-electron chi connectivity index (χ3n) is 4.44. The minimum absolute atomic E-state index is 0.222. The van der Waals surface area contributed by atoms with E-state index in [1.165, 1.54) is 25.7 Å². The van der Waals surface area contributed by atoms with Crippen molar-refractivity contribution in [1.82, 2.24) is 10.2 Å². The molecule has 3 atom stereocenters. The highest BCUT2D eigenvalue weighted by molar-refractivity contribution is 5.84. The van der Waals surface area contributed by atoms with Gasteiger partial charge in [0, 0.05) is 18.6 Å². The summed E-state index contributed by atoms with van der Waals surface area (Å²) in [6.45, 7) is 8.35. The van der Waals surface area contributed by atoms with Crippen LogP contribution in [0.1, 0.15) is 46.5 Å². The zero-order chi connectivity index (χ0) is 13.3. The Kier molecular flexibility index (Phi) is 3.97. The van der Waals surface area contributed by atoms with Gasteiger partial charge >= 0.3 is 0 Å².